The van der Waals surface area contributed by atoms with Crippen LogP contribution in [-0.4, -0.2) is 56.9 Å². The predicted octanol–water partition coefficient (Wildman–Crippen LogP) is 4.35. The van der Waals surface area contributed by atoms with E-state index in [0.29, 0.717) is 40.0 Å². The van der Waals surface area contributed by atoms with Crippen molar-refractivity contribution < 1.29 is 14.3 Å². The molecular weight excluding hydrogens is 564 g/mol. The topological polar surface area (TPSA) is 118 Å². The normalized spacial score (nSPS) is 12.6. The van der Waals surface area contributed by atoms with E-state index in [0.717, 1.165) is 10.2 Å². The number of pyridine rings is 2. The van der Waals surface area contributed by atoms with Crippen LogP contribution in [0.15, 0.2) is 59.3 Å². The zero-order valence-electron chi connectivity index (χ0n) is 21.9. The smallest absolute Gasteiger partial charge is 0.407 e. The van der Waals surface area contributed by atoms with Gasteiger partial charge in [-0.1, -0.05) is 18.2 Å². The molecule has 12 heteroatoms. The first kappa shape index (κ1) is 26.3. The first-order valence-corrected chi connectivity index (χ1v) is 13.1. The third-order valence-corrected chi connectivity index (χ3v) is 7.24. The van der Waals surface area contributed by atoms with Gasteiger partial charge in [0.1, 0.15) is 30.3 Å². The zero-order chi connectivity index (χ0) is 27.7. The molecule has 0 radical (unpaired) electrons. The van der Waals surface area contributed by atoms with Crippen LogP contribution in [-0.2, 0) is 17.9 Å². The Bertz CT molecular complexity index is 1550. The van der Waals surface area contributed by atoms with Crippen molar-refractivity contribution in [3.8, 4) is 17.2 Å². The molecule has 1 aliphatic heterocycles. The molecule has 11 nitrogen and oxygen atoms in total. The molecular formula is C27H27BrN8O3. The summed E-state index contributed by atoms with van der Waals surface area (Å²) in [5.41, 5.74) is 3.16. The molecule has 4 aromatic rings. The first-order chi connectivity index (χ1) is 18.8. The largest absolute Gasteiger partial charge is 0.443 e. The number of rotatable bonds is 7. The second kappa shape index (κ2) is 10.8. The second-order valence-electron chi connectivity index (χ2n) is 9.23. The predicted molar refractivity (Wildman–Crippen MR) is 150 cm³/mol. The second-order valence-corrected chi connectivity index (χ2v) is 10.1. The van der Waals surface area contributed by atoms with Crippen LogP contribution >= 0.6 is 15.9 Å². The van der Waals surface area contributed by atoms with E-state index in [9.17, 15) is 9.59 Å². The summed E-state index contributed by atoms with van der Waals surface area (Å²) in [6.45, 7) is 4.25. The standard InChI is InChI=1S/C27H27BrN8O3/c1-16(2)34(4)24-12-17-18(21(32-24)14-39-27(38)29-3)13-35(26(17)37)23-11-7-9-20(31-23)25-33-30-15-36(25)22-10-6-5-8-19(22)28/h5-12,15-16H,13-14H2,1-4H3,(H,29,38). The Hall–Kier alpha value is -4.32. The van der Waals surface area contributed by atoms with E-state index in [1.54, 1.807) is 23.4 Å². The highest BCUT2D eigenvalue weighted by Gasteiger charge is 2.34. The van der Waals surface area contributed by atoms with E-state index >= 15 is 0 Å². The lowest BCUT2D eigenvalue weighted by Crippen LogP contribution is -2.27. The summed E-state index contributed by atoms with van der Waals surface area (Å²) in [6, 6.07) is 15.1. The summed E-state index contributed by atoms with van der Waals surface area (Å²) >= 11 is 3.58. The van der Waals surface area contributed by atoms with E-state index < -0.39 is 6.09 Å². The molecule has 4 heterocycles. The average molecular weight is 591 g/mol. The Morgan fingerprint density at radius 1 is 1.18 bits per heavy atom. The van der Waals surface area contributed by atoms with Gasteiger partial charge in [-0.2, -0.15) is 0 Å². The van der Waals surface area contributed by atoms with Crippen molar-refractivity contribution in [3.05, 3.63) is 76.2 Å². The quantitative estimate of drug-likeness (QED) is 0.337. The van der Waals surface area contributed by atoms with Gasteiger partial charge in [0.2, 0.25) is 0 Å². The SMILES string of the molecule is CNC(=O)OCc1nc(N(C)C(C)C)cc2c1CN(c1cccc(-c3nncn3-c3ccccc3Br)n1)C2=O. The van der Waals surface area contributed by atoms with Gasteiger partial charge in [-0.05, 0) is 60.1 Å². The van der Waals surface area contributed by atoms with Crippen molar-refractivity contribution in [2.75, 3.05) is 23.9 Å². The van der Waals surface area contributed by atoms with Crippen LogP contribution in [0, 0.1) is 0 Å². The molecule has 0 spiro atoms. The number of fused-ring (bicyclic) bond motifs is 1. The molecule has 1 N–H and O–H groups in total. The van der Waals surface area contributed by atoms with Gasteiger partial charge in [0.15, 0.2) is 5.82 Å². The minimum atomic E-state index is -0.571. The molecule has 39 heavy (non-hydrogen) atoms. The fourth-order valence-electron chi connectivity index (χ4n) is 4.24. The third-order valence-electron chi connectivity index (χ3n) is 6.57. The molecule has 2 amide bonds. The van der Waals surface area contributed by atoms with Crippen LogP contribution in [0.2, 0.25) is 0 Å². The van der Waals surface area contributed by atoms with Gasteiger partial charge in [0, 0.05) is 30.2 Å². The minimum absolute atomic E-state index is 0.0641. The number of hydrogen-bond donors (Lipinski definition) is 1. The third kappa shape index (κ3) is 5.07. The van der Waals surface area contributed by atoms with Crippen LogP contribution in [0.5, 0.6) is 0 Å². The molecule has 0 saturated carbocycles. The summed E-state index contributed by atoms with van der Waals surface area (Å²) in [4.78, 5) is 38.6. The maximum absolute atomic E-state index is 13.7. The zero-order valence-corrected chi connectivity index (χ0v) is 23.5. The van der Waals surface area contributed by atoms with Crippen LogP contribution in [0.1, 0.15) is 35.5 Å². The maximum atomic E-state index is 13.7. The number of alkyl carbamates (subject to hydrolysis) is 1. The fraction of sp³-hybridized carbons (Fsp3) is 0.259. The Morgan fingerprint density at radius 3 is 2.72 bits per heavy atom. The van der Waals surface area contributed by atoms with Gasteiger partial charge in [0.05, 0.1) is 23.5 Å². The average Bonchev–Trinajstić information content (AvgIpc) is 3.56. The van der Waals surface area contributed by atoms with E-state index in [1.807, 2.05) is 66.8 Å². The first-order valence-electron chi connectivity index (χ1n) is 12.3. The number of ether oxygens (including phenoxy) is 1. The number of para-hydroxylation sites is 1. The number of carbonyl (C=O) groups is 2. The van der Waals surface area contributed by atoms with Gasteiger partial charge in [-0.15, -0.1) is 10.2 Å². The van der Waals surface area contributed by atoms with Crippen molar-refractivity contribution in [2.24, 2.45) is 0 Å². The number of halogens is 1. The number of nitrogens with zero attached hydrogens (tertiary/aromatic N) is 7. The molecule has 0 unspecified atom stereocenters. The van der Waals surface area contributed by atoms with Crippen molar-refractivity contribution in [2.45, 2.75) is 33.0 Å². The van der Waals surface area contributed by atoms with Crippen LogP contribution < -0.4 is 15.1 Å². The van der Waals surface area contributed by atoms with E-state index in [2.05, 4.69) is 31.4 Å². The maximum Gasteiger partial charge on any atom is 0.407 e. The Morgan fingerprint density at radius 2 is 1.97 bits per heavy atom. The monoisotopic (exact) mass is 590 g/mol. The van der Waals surface area contributed by atoms with Crippen molar-refractivity contribution >= 4 is 39.6 Å². The number of carbonyl (C=O) groups excluding carboxylic acids is 2. The molecule has 200 valence electrons. The number of anilines is 2. The molecule has 1 aromatic carbocycles. The van der Waals surface area contributed by atoms with Gasteiger partial charge in [-0.25, -0.2) is 14.8 Å². The Balaban J connectivity index is 1.51. The molecule has 0 fully saturated rings. The van der Waals surface area contributed by atoms with Crippen LogP contribution in [0.4, 0.5) is 16.4 Å². The van der Waals surface area contributed by atoms with Crippen molar-refractivity contribution in [3.63, 3.8) is 0 Å². The molecule has 3 aromatic heterocycles. The molecule has 5 rings (SSSR count). The van der Waals surface area contributed by atoms with Crippen LogP contribution in [0.25, 0.3) is 17.2 Å². The van der Waals surface area contributed by atoms with Gasteiger partial charge >= 0.3 is 6.09 Å². The van der Waals surface area contributed by atoms with Gasteiger partial charge in [0.25, 0.3) is 5.91 Å². The summed E-state index contributed by atoms with van der Waals surface area (Å²) < 4.78 is 8.03. The summed E-state index contributed by atoms with van der Waals surface area (Å²) in [6.07, 6.45) is 1.05. The molecule has 0 bridgehead atoms. The lowest BCUT2D eigenvalue weighted by molar-refractivity contribution is 0.0996. The lowest BCUT2D eigenvalue weighted by atomic mass is 10.1. The molecule has 0 saturated heterocycles. The van der Waals surface area contributed by atoms with Crippen LogP contribution in [0.3, 0.4) is 0 Å². The highest BCUT2D eigenvalue weighted by atomic mass is 79.9. The molecule has 0 aliphatic carbocycles. The van der Waals surface area contributed by atoms with E-state index in [1.165, 1.54) is 7.05 Å². The summed E-state index contributed by atoms with van der Waals surface area (Å²) in [5, 5.41) is 10.8. The van der Waals surface area contributed by atoms with E-state index in [4.69, 9.17) is 14.7 Å². The molecule has 1 aliphatic rings. The highest BCUT2D eigenvalue weighted by molar-refractivity contribution is 9.10. The number of benzene rings is 1. The number of hydrogen-bond acceptors (Lipinski definition) is 8. The Kier molecular flexibility index (Phi) is 7.29. The Labute approximate surface area is 234 Å². The van der Waals surface area contributed by atoms with Gasteiger partial charge < -0.3 is 15.0 Å². The van der Waals surface area contributed by atoms with E-state index in [-0.39, 0.29) is 25.1 Å². The fourth-order valence-corrected chi connectivity index (χ4v) is 4.71. The van der Waals surface area contributed by atoms with Crippen molar-refractivity contribution in [1.82, 2.24) is 30.0 Å². The van der Waals surface area contributed by atoms with Crippen molar-refractivity contribution in [1.29, 1.82) is 0 Å². The highest BCUT2D eigenvalue weighted by Crippen LogP contribution is 2.33. The lowest BCUT2D eigenvalue weighted by Gasteiger charge is -2.23. The summed E-state index contributed by atoms with van der Waals surface area (Å²) in [7, 11) is 3.40. The molecule has 0 atom stereocenters. The number of aromatic nitrogens is 5. The number of amides is 2. The van der Waals surface area contributed by atoms with Gasteiger partial charge in [-0.3, -0.25) is 14.3 Å². The number of nitrogens with one attached hydrogen (secondary N) is 1. The minimum Gasteiger partial charge on any atom is -0.443 e. The summed E-state index contributed by atoms with van der Waals surface area (Å²) in [5.74, 6) is 1.42.